The van der Waals surface area contributed by atoms with Gasteiger partial charge in [-0.25, -0.2) is 18.0 Å². The molecule has 36 heavy (non-hydrogen) atoms. The van der Waals surface area contributed by atoms with E-state index < -0.39 is 24.1 Å². The molecule has 0 unspecified atom stereocenters. The number of fused-ring (bicyclic) bond motifs is 1. The van der Waals surface area contributed by atoms with Crippen LogP contribution in [0.25, 0.3) is 11.0 Å². The molecule has 0 aliphatic carbocycles. The normalized spacial score (nSPS) is 15.7. The standard InChI is InChI=1S/C27H29F3N2O4/c1-2-4-21-23(35-14-12-28)10-7-19-15-22(26(34)36-24(19)21)25(33)31-20-8-5-18(6-9-20)16-32-13-3-11-27(29,30)17-32/h5-10,15H,2-4,11-14,16-17H2,1H3,(H,31,33). The maximum atomic E-state index is 13.6. The molecule has 1 aliphatic rings. The fourth-order valence-corrected chi connectivity index (χ4v) is 4.48. The molecule has 0 atom stereocenters. The fourth-order valence-electron chi connectivity index (χ4n) is 4.48. The zero-order chi connectivity index (χ0) is 25.7. The molecule has 1 saturated heterocycles. The van der Waals surface area contributed by atoms with Crippen molar-refractivity contribution in [2.45, 2.75) is 45.1 Å². The summed E-state index contributed by atoms with van der Waals surface area (Å²) >= 11 is 0. The minimum Gasteiger partial charge on any atom is -0.490 e. The van der Waals surface area contributed by atoms with Crippen LogP contribution in [0.4, 0.5) is 18.9 Å². The van der Waals surface area contributed by atoms with Crippen molar-refractivity contribution in [1.29, 1.82) is 0 Å². The minimum atomic E-state index is -2.66. The topological polar surface area (TPSA) is 71.8 Å². The molecular formula is C27H29F3N2O4. The predicted molar refractivity (Wildman–Crippen MR) is 132 cm³/mol. The number of ether oxygens (including phenoxy) is 1. The molecule has 0 saturated carbocycles. The average Bonchev–Trinajstić information content (AvgIpc) is 2.84. The summed E-state index contributed by atoms with van der Waals surface area (Å²) in [5.41, 5.74) is 1.36. The summed E-state index contributed by atoms with van der Waals surface area (Å²) in [4.78, 5) is 27.2. The van der Waals surface area contributed by atoms with Gasteiger partial charge in [0.2, 0.25) is 0 Å². The summed E-state index contributed by atoms with van der Waals surface area (Å²) < 4.78 is 50.8. The second kappa shape index (κ2) is 11.2. The van der Waals surface area contributed by atoms with Gasteiger partial charge in [-0.15, -0.1) is 0 Å². The number of amides is 1. The summed E-state index contributed by atoms with van der Waals surface area (Å²) in [6, 6.07) is 11.7. The monoisotopic (exact) mass is 502 g/mol. The minimum absolute atomic E-state index is 0.0781. The smallest absolute Gasteiger partial charge is 0.349 e. The quantitative estimate of drug-likeness (QED) is 0.387. The van der Waals surface area contributed by atoms with E-state index in [1.807, 2.05) is 6.92 Å². The number of rotatable bonds is 9. The molecule has 0 bridgehead atoms. The number of piperidine rings is 1. The zero-order valence-electron chi connectivity index (χ0n) is 20.1. The van der Waals surface area contributed by atoms with Crippen molar-refractivity contribution >= 4 is 22.6 Å². The van der Waals surface area contributed by atoms with Gasteiger partial charge in [-0.1, -0.05) is 25.5 Å². The number of nitrogens with zero attached hydrogens (tertiary/aromatic N) is 1. The summed E-state index contributed by atoms with van der Waals surface area (Å²) in [5, 5.41) is 3.25. The summed E-state index contributed by atoms with van der Waals surface area (Å²) in [7, 11) is 0. The molecule has 0 radical (unpaired) electrons. The highest BCUT2D eigenvalue weighted by molar-refractivity contribution is 6.05. The van der Waals surface area contributed by atoms with Crippen molar-refractivity contribution in [3.05, 3.63) is 69.6 Å². The number of carbonyl (C=O) groups is 1. The van der Waals surface area contributed by atoms with Crippen LogP contribution < -0.4 is 15.7 Å². The lowest BCUT2D eigenvalue weighted by Crippen LogP contribution is -2.41. The first-order chi connectivity index (χ1) is 17.3. The number of carbonyl (C=O) groups excluding carboxylic acids is 1. The van der Waals surface area contributed by atoms with E-state index in [-0.39, 0.29) is 25.1 Å². The van der Waals surface area contributed by atoms with Crippen molar-refractivity contribution in [3.8, 4) is 5.75 Å². The van der Waals surface area contributed by atoms with Gasteiger partial charge in [0.15, 0.2) is 0 Å². The first kappa shape index (κ1) is 25.8. The van der Waals surface area contributed by atoms with E-state index in [1.54, 1.807) is 41.3 Å². The lowest BCUT2D eigenvalue weighted by atomic mass is 10.0. The van der Waals surface area contributed by atoms with Crippen LogP contribution in [0.3, 0.4) is 0 Å². The zero-order valence-corrected chi connectivity index (χ0v) is 20.1. The molecule has 3 aromatic rings. The van der Waals surface area contributed by atoms with Gasteiger partial charge in [-0.05, 0) is 55.3 Å². The van der Waals surface area contributed by atoms with Crippen LogP contribution >= 0.6 is 0 Å². The Morgan fingerprint density at radius 1 is 1.19 bits per heavy atom. The van der Waals surface area contributed by atoms with Crippen LogP contribution in [0.1, 0.15) is 47.7 Å². The third-order valence-corrected chi connectivity index (χ3v) is 6.13. The first-order valence-corrected chi connectivity index (χ1v) is 12.1. The number of nitrogens with one attached hydrogen (secondary N) is 1. The van der Waals surface area contributed by atoms with E-state index in [0.29, 0.717) is 53.9 Å². The van der Waals surface area contributed by atoms with Crippen molar-refractivity contribution in [3.63, 3.8) is 0 Å². The molecule has 1 fully saturated rings. The number of anilines is 1. The molecule has 1 amide bonds. The van der Waals surface area contributed by atoms with Gasteiger partial charge >= 0.3 is 5.63 Å². The molecule has 6 nitrogen and oxygen atoms in total. The Morgan fingerprint density at radius 2 is 1.97 bits per heavy atom. The van der Waals surface area contributed by atoms with E-state index in [9.17, 15) is 22.8 Å². The SMILES string of the molecule is CCCc1c(OCCF)ccc2cc(C(=O)Nc3ccc(CN4CCCC(F)(F)C4)cc3)c(=O)oc12. The van der Waals surface area contributed by atoms with Crippen molar-refractivity contribution in [2.24, 2.45) is 0 Å². The van der Waals surface area contributed by atoms with Crippen LogP contribution in [0.15, 0.2) is 51.7 Å². The van der Waals surface area contributed by atoms with Gasteiger partial charge < -0.3 is 14.5 Å². The van der Waals surface area contributed by atoms with E-state index in [2.05, 4.69) is 5.32 Å². The van der Waals surface area contributed by atoms with Gasteiger partial charge in [-0.3, -0.25) is 9.69 Å². The number of hydrogen-bond donors (Lipinski definition) is 1. The molecule has 1 aromatic heterocycles. The molecule has 1 N–H and O–H groups in total. The van der Waals surface area contributed by atoms with E-state index >= 15 is 0 Å². The van der Waals surface area contributed by atoms with Crippen LogP contribution in [-0.4, -0.2) is 43.1 Å². The van der Waals surface area contributed by atoms with Gasteiger partial charge in [0.1, 0.15) is 30.2 Å². The Bertz CT molecular complexity index is 1270. The molecular weight excluding hydrogens is 473 g/mol. The number of hydrogen-bond acceptors (Lipinski definition) is 5. The van der Waals surface area contributed by atoms with E-state index in [4.69, 9.17) is 9.15 Å². The highest BCUT2D eigenvalue weighted by atomic mass is 19.3. The van der Waals surface area contributed by atoms with Crippen LogP contribution in [0.2, 0.25) is 0 Å². The summed E-state index contributed by atoms with van der Waals surface area (Å²) in [5.74, 6) is -2.83. The molecule has 2 heterocycles. The highest BCUT2D eigenvalue weighted by Gasteiger charge is 2.34. The molecule has 9 heteroatoms. The largest absolute Gasteiger partial charge is 0.490 e. The average molecular weight is 503 g/mol. The maximum Gasteiger partial charge on any atom is 0.349 e. The lowest BCUT2D eigenvalue weighted by Gasteiger charge is -2.32. The maximum absolute atomic E-state index is 13.6. The van der Waals surface area contributed by atoms with Crippen molar-refractivity contribution < 1.29 is 27.1 Å². The predicted octanol–water partition coefficient (Wildman–Crippen LogP) is 5.58. The number of halogens is 3. The Labute approximate surface area is 207 Å². The summed E-state index contributed by atoms with van der Waals surface area (Å²) in [6.45, 7) is 1.99. The number of alkyl halides is 3. The highest BCUT2D eigenvalue weighted by Crippen LogP contribution is 2.30. The molecule has 2 aromatic carbocycles. The van der Waals surface area contributed by atoms with Crippen LogP contribution in [-0.2, 0) is 13.0 Å². The van der Waals surface area contributed by atoms with Crippen LogP contribution in [0, 0.1) is 0 Å². The molecule has 4 rings (SSSR count). The van der Waals surface area contributed by atoms with Gasteiger partial charge in [0.25, 0.3) is 11.8 Å². The molecule has 0 spiro atoms. The number of aryl methyl sites for hydroxylation is 1. The molecule has 192 valence electrons. The molecule has 1 aliphatic heterocycles. The van der Waals surface area contributed by atoms with E-state index in [1.165, 1.54) is 6.07 Å². The van der Waals surface area contributed by atoms with Crippen molar-refractivity contribution in [1.82, 2.24) is 4.90 Å². The third-order valence-electron chi connectivity index (χ3n) is 6.13. The second-order valence-electron chi connectivity index (χ2n) is 9.02. The first-order valence-electron chi connectivity index (χ1n) is 12.1. The lowest BCUT2D eigenvalue weighted by molar-refractivity contribution is -0.0661. The van der Waals surface area contributed by atoms with Gasteiger partial charge in [0, 0.05) is 29.6 Å². The Balaban J connectivity index is 1.49. The Kier molecular flexibility index (Phi) is 7.98. The number of benzene rings is 2. The van der Waals surface area contributed by atoms with Crippen LogP contribution in [0.5, 0.6) is 5.75 Å². The number of likely N-dealkylation sites (tertiary alicyclic amines) is 1. The van der Waals surface area contributed by atoms with Crippen molar-refractivity contribution in [2.75, 3.05) is 31.7 Å². The van der Waals surface area contributed by atoms with Gasteiger partial charge in [0.05, 0.1) is 6.54 Å². The van der Waals surface area contributed by atoms with Gasteiger partial charge in [-0.2, -0.15) is 0 Å². The summed E-state index contributed by atoms with van der Waals surface area (Å²) in [6.07, 6.45) is 1.70. The third kappa shape index (κ3) is 6.07. The van der Waals surface area contributed by atoms with E-state index in [0.717, 1.165) is 12.0 Å². The Morgan fingerprint density at radius 3 is 2.67 bits per heavy atom. The second-order valence-corrected chi connectivity index (χ2v) is 9.02. The fraction of sp³-hybridized carbons (Fsp3) is 0.407. The Hall–Kier alpha value is -3.33.